The smallest absolute Gasteiger partial charge is 0.240 e. The molecule has 0 atom stereocenters. The van der Waals surface area contributed by atoms with E-state index in [1.54, 1.807) is 6.07 Å². The Morgan fingerprint density at radius 1 is 1.09 bits per heavy atom. The lowest BCUT2D eigenvalue weighted by molar-refractivity contribution is 0.226. The zero-order valence-electron chi connectivity index (χ0n) is 13.4. The summed E-state index contributed by atoms with van der Waals surface area (Å²) in [6.45, 7) is 6.16. The van der Waals surface area contributed by atoms with Crippen LogP contribution in [-0.2, 0) is 19.5 Å². The average Bonchev–Trinajstić information content (AvgIpc) is 3.02. The van der Waals surface area contributed by atoms with Crippen LogP contribution in [0.5, 0.6) is 5.75 Å². The Hall–Kier alpha value is -2.47. The van der Waals surface area contributed by atoms with Crippen molar-refractivity contribution in [1.82, 2.24) is 20.0 Å². The molecule has 6 nitrogen and oxygen atoms in total. The van der Waals surface area contributed by atoms with Crippen LogP contribution in [0.25, 0.3) is 10.9 Å². The number of benzene rings is 1. The van der Waals surface area contributed by atoms with Crippen LogP contribution >= 0.6 is 0 Å². The molecule has 2 aromatic heterocycles. The van der Waals surface area contributed by atoms with Crippen LogP contribution in [0, 0.1) is 0 Å². The van der Waals surface area contributed by atoms with E-state index in [0.717, 1.165) is 29.9 Å². The summed E-state index contributed by atoms with van der Waals surface area (Å²) in [4.78, 5) is 11.1. The maximum Gasteiger partial charge on any atom is 0.240 e. The number of phenols is 1. The maximum absolute atomic E-state index is 9.94. The fourth-order valence-electron chi connectivity index (χ4n) is 2.46. The topological polar surface area (TPSA) is 75.3 Å². The summed E-state index contributed by atoms with van der Waals surface area (Å²) >= 11 is 0. The van der Waals surface area contributed by atoms with Crippen LogP contribution < -0.4 is 0 Å². The normalized spacial score (nSPS) is 11.4. The molecule has 3 aromatic rings. The Balaban J connectivity index is 1.77. The molecule has 2 heterocycles. The number of aromatic nitrogens is 3. The molecule has 1 N–H and O–H groups in total. The SMILES string of the molecule is CCc1noc(CN(CC)Cc2ccc3cccc(O)c3n2)n1. The zero-order chi connectivity index (χ0) is 16.2. The molecule has 0 radical (unpaired) electrons. The molecule has 1 aromatic carbocycles. The van der Waals surface area contributed by atoms with E-state index in [-0.39, 0.29) is 5.75 Å². The number of aromatic hydroxyl groups is 1. The standard InChI is InChI=1S/C17H20N4O2/c1-3-15-19-16(23-20-15)11-21(4-2)10-13-9-8-12-6-5-7-14(22)17(12)18-13/h5-9,22H,3-4,10-11H2,1-2H3. The summed E-state index contributed by atoms with van der Waals surface area (Å²) in [7, 11) is 0. The first-order valence-electron chi connectivity index (χ1n) is 7.81. The number of hydrogen-bond donors (Lipinski definition) is 1. The van der Waals surface area contributed by atoms with E-state index in [2.05, 4.69) is 26.9 Å². The largest absolute Gasteiger partial charge is 0.506 e. The fraction of sp³-hybridized carbons (Fsp3) is 0.353. The second-order valence-electron chi connectivity index (χ2n) is 5.41. The number of pyridine rings is 1. The second kappa shape index (κ2) is 6.75. The lowest BCUT2D eigenvalue weighted by atomic mass is 10.2. The molecule has 3 rings (SSSR count). The Kier molecular flexibility index (Phi) is 4.52. The lowest BCUT2D eigenvalue weighted by Gasteiger charge is -2.17. The molecule has 120 valence electrons. The van der Waals surface area contributed by atoms with Crippen LogP contribution in [-0.4, -0.2) is 31.7 Å². The van der Waals surface area contributed by atoms with Crippen LogP contribution in [0.3, 0.4) is 0 Å². The van der Waals surface area contributed by atoms with Gasteiger partial charge >= 0.3 is 0 Å². The van der Waals surface area contributed by atoms with Crippen molar-refractivity contribution in [2.24, 2.45) is 0 Å². The molecule has 0 aliphatic carbocycles. The van der Waals surface area contributed by atoms with Gasteiger partial charge in [0, 0.05) is 18.4 Å². The number of nitrogens with zero attached hydrogens (tertiary/aromatic N) is 4. The molecule has 0 spiro atoms. The van der Waals surface area contributed by atoms with Crippen molar-refractivity contribution in [3.63, 3.8) is 0 Å². The molecule has 0 aliphatic heterocycles. The molecule has 0 fully saturated rings. The monoisotopic (exact) mass is 312 g/mol. The van der Waals surface area contributed by atoms with Crippen molar-refractivity contribution in [1.29, 1.82) is 0 Å². The maximum atomic E-state index is 9.94. The number of fused-ring (bicyclic) bond motifs is 1. The number of para-hydroxylation sites is 1. The molecule has 0 unspecified atom stereocenters. The first kappa shape index (κ1) is 15.4. The predicted molar refractivity (Wildman–Crippen MR) is 86.9 cm³/mol. The van der Waals surface area contributed by atoms with Crippen molar-refractivity contribution >= 4 is 10.9 Å². The van der Waals surface area contributed by atoms with Gasteiger partial charge in [-0.1, -0.05) is 37.2 Å². The third-order valence-electron chi connectivity index (χ3n) is 3.77. The first-order valence-corrected chi connectivity index (χ1v) is 7.81. The highest BCUT2D eigenvalue weighted by atomic mass is 16.5. The molecule has 0 saturated heterocycles. The minimum absolute atomic E-state index is 0.205. The highest BCUT2D eigenvalue weighted by Gasteiger charge is 2.12. The second-order valence-corrected chi connectivity index (χ2v) is 5.41. The molecular formula is C17H20N4O2. The Bertz CT molecular complexity index is 800. The van der Waals surface area contributed by atoms with Gasteiger partial charge < -0.3 is 9.63 Å². The predicted octanol–water partition coefficient (Wildman–Crippen LogP) is 2.91. The van der Waals surface area contributed by atoms with Gasteiger partial charge in [-0.15, -0.1) is 0 Å². The van der Waals surface area contributed by atoms with Gasteiger partial charge in [0.1, 0.15) is 11.3 Å². The van der Waals surface area contributed by atoms with Gasteiger partial charge in [-0.2, -0.15) is 4.98 Å². The van der Waals surface area contributed by atoms with E-state index in [4.69, 9.17) is 4.52 Å². The molecule has 0 amide bonds. The van der Waals surface area contributed by atoms with Gasteiger partial charge in [0.15, 0.2) is 5.82 Å². The number of hydrogen-bond acceptors (Lipinski definition) is 6. The molecular weight excluding hydrogens is 292 g/mol. The summed E-state index contributed by atoms with van der Waals surface area (Å²) in [5.74, 6) is 1.55. The minimum Gasteiger partial charge on any atom is -0.506 e. The number of phenolic OH excluding ortho intramolecular Hbond substituents is 1. The van der Waals surface area contributed by atoms with Crippen molar-refractivity contribution in [3.8, 4) is 5.75 Å². The molecule has 6 heteroatoms. The first-order chi connectivity index (χ1) is 11.2. The summed E-state index contributed by atoms with van der Waals surface area (Å²) in [5.41, 5.74) is 1.53. The van der Waals surface area contributed by atoms with Crippen LogP contribution in [0.4, 0.5) is 0 Å². The van der Waals surface area contributed by atoms with Crippen LogP contribution in [0.1, 0.15) is 31.3 Å². The van der Waals surface area contributed by atoms with E-state index in [1.807, 2.05) is 31.2 Å². The molecule has 0 aliphatic rings. The third kappa shape index (κ3) is 3.48. The van der Waals surface area contributed by atoms with E-state index >= 15 is 0 Å². The highest BCUT2D eigenvalue weighted by Crippen LogP contribution is 2.22. The van der Waals surface area contributed by atoms with E-state index in [0.29, 0.717) is 24.5 Å². The van der Waals surface area contributed by atoms with Crippen molar-refractivity contribution in [2.75, 3.05) is 6.54 Å². The molecule has 0 saturated carbocycles. The summed E-state index contributed by atoms with van der Waals surface area (Å²) in [5, 5.41) is 14.8. The highest BCUT2D eigenvalue weighted by molar-refractivity contribution is 5.84. The van der Waals surface area contributed by atoms with Gasteiger partial charge in [0.25, 0.3) is 0 Å². The van der Waals surface area contributed by atoms with Gasteiger partial charge in [-0.3, -0.25) is 4.90 Å². The third-order valence-corrected chi connectivity index (χ3v) is 3.77. The molecule has 23 heavy (non-hydrogen) atoms. The van der Waals surface area contributed by atoms with Crippen molar-refractivity contribution in [2.45, 2.75) is 33.4 Å². The Morgan fingerprint density at radius 2 is 1.96 bits per heavy atom. The number of rotatable bonds is 6. The minimum atomic E-state index is 0.205. The lowest BCUT2D eigenvalue weighted by Crippen LogP contribution is -2.23. The van der Waals surface area contributed by atoms with Gasteiger partial charge in [-0.25, -0.2) is 4.98 Å². The van der Waals surface area contributed by atoms with Gasteiger partial charge in [0.2, 0.25) is 5.89 Å². The van der Waals surface area contributed by atoms with Crippen LogP contribution in [0.2, 0.25) is 0 Å². The van der Waals surface area contributed by atoms with Crippen molar-refractivity contribution < 1.29 is 9.63 Å². The average molecular weight is 312 g/mol. The fourth-order valence-corrected chi connectivity index (χ4v) is 2.46. The molecule has 0 bridgehead atoms. The Labute approximate surface area is 134 Å². The summed E-state index contributed by atoms with van der Waals surface area (Å²) in [6.07, 6.45) is 0.765. The van der Waals surface area contributed by atoms with Crippen LogP contribution in [0.15, 0.2) is 34.9 Å². The summed E-state index contributed by atoms with van der Waals surface area (Å²) < 4.78 is 5.25. The van der Waals surface area contributed by atoms with Gasteiger partial charge in [0.05, 0.1) is 12.2 Å². The van der Waals surface area contributed by atoms with E-state index in [1.165, 1.54) is 0 Å². The van der Waals surface area contributed by atoms with Gasteiger partial charge in [-0.05, 0) is 18.7 Å². The van der Waals surface area contributed by atoms with Crippen molar-refractivity contribution in [3.05, 3.63) is 47.7 Å². The van der Waals surface area contributed by atoms with E-state index in [9.17, 15) is 5.11 Å². The van der Waals surface area contributed by atoms with E-state index < -0.39 is 0 Å². The number of aryl methyl sites for hydroxylation is 1. The summed E-state index contributed by atoms with van der Waals surface area (Å²) in [6, 6.07) is 9.37. The quantitative estimate of drug-likeness (QED) is 0.754. The Morgan fingerprint density at radius 3 is 2.70 bits per heavy atom. The zero-order valence-corrected chi connectivity index (χ0v) is 13.4.